The molecule has 0 atom stereocenters. The molecule has 0 aliphatic carbocycles. The Morgan fingerprint density at radius 3 is 2.60 bits per heavy atom. The Labute approximate surface area is 152 Å². The average molecular weight is 386 g/mol. The summed E-state index contributed by atoms with van der Waals surface area (Å²) in [4.78, 5) is 14.2. The van der Waals surface area contributed by atoms with Crippen molar-refractivity contribution in [2.75, 3.05) is 5.75 Å². The highest BCUT2D eigenvalue weighted by Gasteiger charge is 2.23. The van der Waals surface area contributed by atoms with Crippen LogP contribution in [0.4, 0.5) is 0 Å². The molecule has 0 saturated carbocycles. The van der Waals surface area contributed by atoms with Crippen molar-refractivity contribution in [1.29, 1.82) is 0 Å². The zero-order valence-corrected chi connectivity index (χ0v) is 15.8. The molecule has 0 N–H and O–H groups in total. The SMILES string of the molecule is CCS(=O)(=O)Oc1ccc(Cl)cc1CN(C(=O)c1ccco1)C(C)C. The Balaban J connectivity index is 2.35. The predicted octanol–water partition coefficient (Wildman–Crippen LogP) is 3.71. The van der Waals surface area contributed by atoms with E-state index in [4.69, 9.17) is 20.2 Å². The van der Waals surface area contributed by atoms with E-state index < -0.39 is 10.1 Å². The quantitative estimate of drug-likeness (QED) is 0.679. The molecule has 0 spiro atoms. The van der Waals surface area contributed by atoms with Crippen LogP contribution in [0.25, 0.3) is 0 Å². The maximum atomic E-state index is 12.6. The van der Waals surface area contributed by atoms with Gasteiger partial charge in [0.15, 0.2) is 5.76 Å². The number of hydrogen-bond acceptors (Lipinski definition) is 5. The molecule has 0 bridgehead atoms. The minimum Gasteiger partial charge on any atom is -0.459 e. The van der Waals surface area contributed by atoms with Gasteiger partial charge in [-0.1, -0.05) is 11.6 Å². The Kier molecular flexibility index (Phi) is 6.13. The summed E-state index contributed by atoms with van der Waals surface area (Å²) in [5.74, 6) is -0.0957. The van der Waals surface area contributed by atoms with Crippen molar-refractivity contribution in [2.45, 2.75) is 33.4 Å². The summed E-state index contributed by atoms with van der Waals surface area (Å²) in [6, 6.07) is 7.68. The standard InChI is InChI=1S/C17H20ClNO5S/c1-4-25(21,22)24-15-8-7-14(18)10-13(15)11-19(12(2)3)17(20)16-6-5-9-23-16/h5-10,12H,4,11H2,1-3H3. The molecule has 0 unspecified atom stereocenters. The van der Waals surface area contributed by atoms with Crippen LogP contribution < -0.4 is 4.18 Å². The topological polar surface area (TPSA) is 76.8 Å². The Hall–Kier alpha value is -1.99. The third-order valence-corrected chi connectivity index (χ3v) is 4.93. The van der Waals surface area contributed by atoms with Crippen LogP contribution in [0, 0.1) is 0 Å². The van der Waals surface area contributed by atoms with E-state index in [2.05, 4.69) is 0 Å². The smallest absolute Gasteiger partial charge is 0.308 e. The number of carbonyl (C=O) groups is 1. The van der Waals surface area contributed by atoms with E-state index in [0.29, 0.717) is 10.6 Å². The van der Waals surface area contributed by atoms with Gasteiger partial charge in [-0.25, -0.2) is 0 Å². The number of carbonyl (C=O) groups excluding carboxylic acids is 1. The van der Waals surface area contributed by atoms with Gasteiger partial charge in [-0.15, -0.1) is 0 Å². The highest BCUT2D eigenvalue weighted by atomic mass is 35.5. The molecule has 6 nitrogen and oxygen atoms in total. The maximum absolute atomic E-state index is 12.6. The van der Waals surface area contributed by atoms with Gasteiger partial charge in [0.2, 0.25) is 0 Å². The van der Waals surface area contributed by atoms with Gasteiger partial charge in [0.25, 0.3) is 5.91 Å². The van der Waals surface area contributed by atoms with Gasteiger partial charge in [-0.3, -0.25) is 4.79 Å². The molecule has 0 aliphatic heterocycles. The molecule has 1 aromatic heterocycles. The van der Waals surface area contributed by atoms with Crippen LogP contribution >= 0.6 is 11.6 Å². The summed E-state index contributed by atoms with van der Waals surface area (Å²) in [5, 5.41) is 0.422. The highest BCUT2D eigenvalue weighted by Crippen LogP contribution is 2.27. The van der Waals surface area contributed by atoms with Gasteiger partial charge in [-0.2, -0.15) is 8.42 Å². The fraction of sp³-hybridized carbons (Fsp3) is 0.353. The predicted molar refractivity (Wildman–Crippen MR) is 95.3 cm³/mol. The Bertz CT molecular complexity index is 831. The van der Waals surface area contributed by atoms with Gasteiger partial charge >= 0.3 is 10.1 Å². The lowest BCUT2D eigenvalue weighted by Crippen LogP contribution is -2.36. The number of hydrogen-bond donors (Lipinski definition) is 0. The van der Waals surface area contributed by atoms with E-state index in [0.717, 1.165) is 0 Å². The van der Waals surface area contributed by atoms with Crippen molar-refractivity contribution in [3.8, 4) is 5.75 Å². The first-order valence-corrected chi connectivity index (χ1v) is 9.74. The van der Waals surface area contributed by atoms with Gasteiger partial charge in [0.05, 0.1) is 18.6 Å². The van der Waals surface area contributed by atoms with E-state index in [1.54, 1.807) is 29.2 Å². The van der Waals surface area contributed by atoms with Crippen molar-refractivity contribution in [3.63, 3.8) is 0 Å². The number of furan rings is 1. The molecule has 1 aromatic carbocycles. The molecule has 0 radical (unpaired) electrons. The fourth-order valence-corrected chi connectivity index (χ4v) is 2.91. The van der Waals surface area contributed by atoms with Crippen LogP contribution in [0.2, 0.25) is 5.02 Å². The van der Waals surface area contributed by atoms with E-state index in [-0.39, 0.29) is 35.8 Å². The number of nitrogens with zero attached hydrogens (tertiary/aromatic N) is 1. The number of benzene rings is 1. The molecular formula is C17H20ClNO5S. The third kappa shape index (κ3) is 4.99. The first-order valence-electron chi connectivity index (χ1n) is 7.78. The lowest BCUT2D eigenvalue weighted by atomic mass is 10.1. The molecule has 2 rings (SSSR count). The van der Waals surface area contributed by atoms with Gasteiger partial charge in [-0.05, 0) is 51.1 Å². The van der Waals surface area contributed by atoms with E-state index in [1.807, 2.05) is 13.8 Å². The monoisotopic (exact) mass is 385 g/mol. The first-order chi connectivity index (χ1) is 11.7. The van der Waals surface area contributed by atoms with Crippen LogP contribution in [-0.4, -0.2) is 31.0 Å². The van der Waals surface area contributed by atoms with Crippen molar-refractivity contribution in [1.82, 2.24) is 4.90 Å². The molecule has 1 amide bonds. The minimum absolute atomic E-state index is 0.131. The van der Waals surface area contributed by atoms with Crippen molar-refractivity contribution in [2.24, 2.45) is 0 Å². The van der Waals surface area contributed by atoms with E-state index in [9.17, 15) is 13.2 Å². The van der Waals surface area contributed by atoms with Crippen molar-refractivity contribution < 1.29 is 21.8 Å². The molecule has 8 heteroatoms. The normalized spacial score (nSPS) is 11.6. The van der Waals surface area contributed by atoms with Gasteiger partial charge < -0.3 is 13.5 Å². The third-order valence-electron chi connectivity index (χ3n) is 3.55. The van der Waals surface area contributed by atoms with Crippen LogP contribution in [0.1, 0.15) is 36.9 Å². The van der Waals surface area contributed by atoms with E-state index >= 15 is 0 Å². The number of amides is 1. The second-order valence-electron chi connectivity index (χ2n) is 5.69. The summed E-state index contributed by atoms with van der Waals surface area (Å²) in [5.41, 5.74) is 0.498. The maximum Gasteiger partial charge on any atom is 0.308 e. The molecule has 0 saturated heterocycles. The summed E-state index contributed by atoms with van der Waals surface area (Å²) >= 11 is 6.04. The summed E-state index contributed by atoms with van der Waals surface area (Å²) < 4.78 is 33.9. The summed E-state index contributed by atoms with van der Waals surface area (Å²) in [6.07, 6.45) is 1.42. The number of rotatable bonds is 7. The highest BCUT2D eigenvalue weighted by molar-refractivity contribution is 7.87. The zero-order valence-electron chi connectivity index (χ0n) is 14.2. The van der Waals surface area contributed by atoms with E-state index in [1.165, 1.54) is 19.3 Å². The van der Waals surface area contributed by atoms with Crippen LogP contribution in [0.5, 0.6) is 5.75 Å². The van der Waals surface area contributed by atoms with Crippen molar-refractivity contribution in [3.05, 3.63) is 52.9 Å². The second-order valence-corrected chi connectivity index (χ2v) is 7.98. The molecule has 136 valence electrons. The average Bonchev–Trinajstić information content (AvgIpc) is 3.08. The Morgan fingerprint density at radius 1 is 1.32 bits per heavy atom. The molecule has 2 aromatic rings. The minimum atomic E-state index is -3.69. The first kappa shape index (κ1) is 19.3. The molecule has 1 heterocycles. The van der Waals surface area contributed by atoms with Gasteiger partial charge in [0, 0.05) is 16.6 Å². The molecule has 0 fully saturated rings. The lowest BCUT2D eigenvalue weighted by molar-refractivity contribution is 0.0657. The molecule has 25 heavy (non-hydrogen) atoms. The molecule has 0 aliphatic rings. The van der Waals surface area contributed by atoms with Crippen LogP contribution in [0.3, 0.4) is 0 Å². The van der Waals surface area contributed by atoms with Crippen molar-refractivity contribution >= 4 is 27.6 Å². The van der Waals surface area contributed by atoms with Gasteiger partial charge in [0.1, 0.15) is 5.75 Å². The largest absolute Gasteiger partial charge is 0.459 e. The summed E-state index contributed by atoms with van der Waals surface area (Å²) in [7, 11) is -3.69. The molecular weight excluding hydrogens is 366 g/mol. The second kappa shape index (κ2) is 7.93. The van der Waals surface area contributed by atoms with Crippen LogP contribution in [-0.2, 0) is 16.7 Å². The lowest BCUT2D eigenvalue weighted by Gasteiger charge is -2.26. The zero-order chi connectivity index (χ0) is 18.6. The fourth-order valence-electron chi connectivity index (χ4n) is 2.16. The van der Waals surface area contributed by atoms with Crippen LogP contribution in [0.15, 0.2) is 41.0 Å². The number of halogens is 1. The Morgan fingerprint density at radius 2 is 2.04 bits per heavy atom. The summed E-state index contributed by atoms with van der Waals surface area (Å²) in [6.45, 7) is 5.33.